The predicted molar refractivity (Wildman–Crippen MR) is 46.0 cm³/mol. The van der Waals surface area contributed by atoms with Gasteiger partial charge in [0.15, 0.2) is 0 Å². The molecule has 1 aliphatic carbocycles. The van der Waals surface area contributed by atoms with Gasteiger partial charge < -0.3 is 0 Å². The Kier molecular flexibility index (Phi) is 3.75. The van der Waals surface area contributed by atoms with Crippen molar-refractivity contribution < 1.29 is 0 Å². The fraction of sp³-hybridized carbons (Fsp3) is 0.700. The summed E-state index contributed by atoms with van der Waals surface area (Å²) in [7, 11) is 0. The van der Waals surface area contributed by atoms with Crippen LogP contribution in [0.2, 0.25) is 0 Å². The fourth-order valence-corrected chi connectivity index (χ4v) is 1.52. The van der Waals surface area contributed by atoms with Crippen molar-refractivity contribution in [2.45, 2.75) is 44.9 Å². The summed E-state index contributed by atoms with van der Waals surface area (Å²) >= 11 is 0. The molecule has 0 spiro atoms. The van der Waals surface area contributed by atoms with Crippen molar-refractivity contribution in [2.75, 3.05) is 0 Å². The maximum absolute atomic E-state index is 8.49. The van der Waals surface area contributed by atoms with Crippen LogP contribution in [0.15, 0.2) is 11.6 Å². The molecule has 0 aromatic carbocycles. The van der Waals surface area contributed by atoms with Crippen LogP contribution in [0.5, 0.6) is 0 Å². The van der Waals surface area contributed by atoms with Crippen LogP contribution in [0.1, 0.15) is 44.9 Å². The SMILES string of the molecule is N#CCC1=CCCCCCC1. The van der Waals surface area contributed by atoms with Crippen molar-refractivity contribution in [3.8, 4) is 6.07 Å². The Morgan fingerprint density at radius 1 is 1.27 bits per heavy atom. The Morgan fingerprint density at radius 2 is 2.09 bits per heavy atom. The van der Waals surface area contributed by atoms with Gasteiger partial charge in [-0.1, -0.05) is 24.5 Å². The van der Waals surface area contributed by atoms with Gasteiger partial charge in [-0.25, -0.2) is 0 Å². The Morgan fingerprint density at radius 3 is 2.91 bits per heavy atom. The van der Waals surface area contributed by atoms with Crippen LogP contribution in [0.25, 0.3) is 0 Å². The summed E-state index contributed by atoms with van der Waals surface area (Å²) in [6.45, 7) is 0. The smallest absolute Gasteiger partial charge is 0.0666 e. The number of nitrogens with zero attached hydrogens (tertiary/aromatic N) is 1. The number of rotatable bonds is 1. The summed E-state index contributed by atoms with van der Waals surface area (Å²) in [6, 6.07) is 2.22. The number of nitriles is 1. The van der Waals surface area contributed by atoms with E-state index in [0.29, 0.717) is 6.42 Å². The zero-order valence-electron chi connectivity index (χ0n) is 6.97. The van der Waals surface area contributed by atoms with E-state index in [1.54, 1.807) is 0 Å². The van der Waals surface area contributed by atoms with Crippen molar-refractivity contribution in [2.24, 2.45) is 0 Å². The van der Waals surface area contributed by atoms with E-state index in [1.165, 1.54) is 37.7 Å². The van der Waals surface area contributed by atoms with E-state index < -0.39 is 0 Å². The molecule has 0 heterocycles. The fourth-order valence-electron chi connectivity index (χ4n) is 1.52. The first-order valence-corrected chi connectivity index (χ1v) is 4.48. The molecule has 0 amide bonds. The molecule has 11 heavy (non-hydrogen) atoms. The minimum absolute atomic E-state index is 0.653. The van der Waals surface area contributed by atoms with Crippen LogP contribution < -0.4 is 0 Å². The van der Waals surface area contributed by atoms with Gasteiger partial charge in [-0.2, -0.15) is 5.26 Å². The predicted octanol–water partition coefficient (Wildman–Crippen LogP) is 3.18. The van der Waals surface area contributed by atoms with Crippen molar-refractivity contribution >= 4 is 0 Å². The molecule has 0 aromatic rings. The van der Waals surface area contributed by atoms with Crippen LogP contribution in [-0.2, 0) is 0 Å². The van der Waals surface area contributed by atoms with E-state index in [2.05, 4.69) is 12.1 Å². The summed E-state index contributed by atoms with van der Waals surface area (Å²) in [5.41, 5.74) is 1.37. The van der Waals surface area contributed by atoms with E-state index in [4.69, 9.17) is 5.26 Å². The van der Waals surface area contributed by atoms with E-state index in [9.17, 15) is 0 Å². The van der Waals surface area contributed by atoms with Crippen LogP contribution in [0.4, 0.5) is 0 Å². The lowest BCUT2D eigenvalue weighted by atomic mass is 9.98. The first-order chi connectivity index (χ1) is 5.43. The summed E-state index contributed by atoms with van der Waals surface area (Å²) < 4.78 is 0. The van der Waals surface area contributed by atoms with Gasteiger partial charge in [-0.15, -0.1) is 0 Å². The minimum atomic E-state index is 0.653. The van der Waals surface area contributed by atoms with E-state index in [1.807, 2.05) is 0 Å². The van der Waals surface area contributed by atoms with Gasteiger partial charge in [-0.05, 0) is 25.7 Å². The lowest BCUT2D eigenvalue weighted by Crippen LogP contribution is -1.89. The molecule has 0 aliphatic heterocycles. The van der Waals surface area contributed by atoms with E-state index >= 15 is 0 Å². The van der Waals surface area contributed by atoms with Gasteiger partial charge in [0.2, 0.25) is 0 Å². The molecule has 60 valence electrons. The molecule has 0 unspecified atom stereocenters. The van der Waals surface area contributed by atoms with Gasteiger partial charge in [0.25, 0.3) is 0 Å². The third kappa shape index (κ3) is 3.23. The molecule has 0 fully saturated rings. The molecule has 1 nitrogen and oxygen atoms in total. The average molecular weight is 149 g/mol. The Hall–Kier alpha value is -0.770. The van der Waals surface area contributed by atoms with Gasteiger partial charge in [0.1, 0.15) is 0 Å². The van der Waals surface area contributed by atoms with Crippen LogP contribution in [0, 0.1) is 11.3 Å². The molecule has 0 N–H and O–H groups in total. The third-order valence-corrected chi connectivity index (χ3v) is 2.19. The average Bonchev–Trinajstić information content (AvgIpc) is 1.94. The van der Waals surface area contributed by atoms with Crippen molar-refractivity contribution in [3.05, 3.63) is 11.6 Å². The largest absolute Gasteiger partial charge is 0.198 e. The van der Waals surface area contributed by atoms with Crippen LogP contribution >= 0.6 is 0 Å². The Balaban J connectivity index is 2.40. The molecule has 0 aromatic heterocycles. The summed E-state index contributed by atoms with van der Waals surface area (Å²) in [4.78, 5) is 0. The van der Waals surface area contributed by atoms with E-state index in [0.717, 1.165) is 6.42 Å². The summed E-state index contributed by atoms with van der Waals surface area (Å²) in [6.07, 6.45) is 10.6. The third-order valence-electron chi connectivity index (χ3n) is 2.19. The minimum Gasteiger partial charge on any atom is -0.198 e. The number of hydrogen-bond acceptors (Lipinski definition) is 1. The van der Waals surface area contributed by atoms with Gasteiger partial charge in [0.05, 0.1) is 12.5 Å². The van der Waals surface area contributed by atoms with Crippen LogP contribution in [-0.4, -0.2) is 0 Å². The zero-order valence-corrected chi connectivity index (χ0v) is 6.97. The van der Waals surface area contributed by atoms with Gasteiger partial charge in [0, 0.05) is 0 Å². The molecule has 0 saturated heterocycles. The second kappa shape index (κ2) is 4.96. The highest BCUT2D eigenvalue weighted by atomic mass is 14.2. The molecule has 1 rings (SSSR count). The van der Waals surface area contributed by atoms with E-state index in [-0.39, 0.29) is 0 Å². The molecule has 0 atom stereocenters. The molecule has 0 saturated carbocycles. The quantitative estimate of drug-likeness (QED) is 0.525. The maximum Gasteiger partial charge on any atom is 0.0666 e. The normalized spacial score (nSPS) is 19.4. The standard InChI is InChI=1S/C10H15N/c11-9-8-10-6-4-2-1-3-5-7-10/h6H,1-5,7-8H2. The monoisotopic (exact) mass is 149 g/mol. The molecular formula is C10H15N. The topological polar surface area (TPSA) is 23.8 Å². The van der Waals surface area contributed by atoms with Crippen molar-refractivity contribution in [3.63, 3.8) is 0 Å². The molecular weight excluding hydrogens is 134 g/mol. The van der Waals surface area contributed by atoms with Crippen LogP contribution in [0.3, 0.4) is 0 Å². The second-order valence-electron chi connectivity index (χ2n) is 3.15. The van der Waals surface area contributed by atoms with Gasteiger partial charge in [-0.3, -0.25) is 0 Å². The molecule has 0 bridgehead atoms. The lowest BCUT2D eigenvalue weighted by molar-refractivity contribution is 0.621. The highest BCUT2D eigenvalue weighted by Crippen LogP contribution is 2.18. The summed E-state index contributed by atoms with van der Waals surface area (Å²) in [5, 5.41) is 8.49. The highest BCUT2D eigenvalue weighted by molar-refractivity contribution is 5.08. The van der Waals surface area contributed by atoms with Gasteiger partial charge >= 0.3 is 0 Å². The van der Waals surface area contributed by atoms with Crippen molar-refractivity contribution in [1.29, 1.82) is 5.26 Å². The lowest BCUT2D eigenvalue weighted by Gasteiger charge is -2.07. The Labute approximate surface area is 68.7 Å². The molecule has 0 radical (unpaired) electrons. The maximum atomic E-state index is 8.49. The first kappa shape index (κ1) is 8.33. The molecule has 1 heteroatoms. The number of hydrogen-bond donors (Lipinski definition) is 0. The molecule has 1 aliphatic rings. The zero-order chi connectivity index (χ0) is 7.94. The number of allylic oxidation sites excluding steroid dienone is 2. The van der Waals surface area contributed by atoms with Crippen molar-refractivity contribution in [1.82, 2.24) is 0 Å². The highest BCUT2D eigenvalue weighted by Gasteiger charge is 2.00. The summed E-state index contributed by atoms with van der Waals surface area (Å²) in [5.74, 6) is 0. The second-order valence-corrected chi connectivity index (χ2v) is 3.15. The first-order valence-electron chi connectivity index (χ1n) is 4.48. The Bertz CT molecular complexity index is 174.